The van der Waals surface area contributed by atoms with Gasteiger partial charge in [0.05, 0.1) is 0 Å². The molecule has 0 bridgehead atoms. The van der Waals surface area contributed by atoms with Gasteiger partial charge in [-0.3, -0.25) is 0 Å². The number of halogens is 3. The maximum Gasteiger partial charge on any atom is 0.129 e. The van der Waals surface area contributed by atoms with Crippen LogP contribution in [-0.4, -0.2) is 5.11 Å². The van der Waals surface area contributed by atoms with Gasteiger partial charge in [0, 0.05) is 14.5 Å². The summed E-state index contributed by atoms with van der Waals surface area (Å²) in [6.45, 7) is 0. The van der Waals surface area contributed by atoms with Crippen LogP contribution in [0.3, 0.4) is 0 Å². The summed E-state index contributed by atoms with van der Waals surface area (Å²) in [6.07, 6.45) is -0.968. The molecule has 0 amide bonds. The van der Waals surface area contributed by atoms with Crippen LogP contribution >= 0.6 is 31.9 Å². The van der Waals surface area contributed by atoms with E-state index >= 15 is 0 Å². The van der Waals surface area contributed by atoms with E-state index in [0.29, 0.717) is 5.56 Å². The predicted octanol–water partition coefficient (Wildman–Crippen LogP) is 4.43. The molecule has 0 saturated heterocycles. The Morgan fingerprint density at radius 3 is 2.41 bits per heavy atom. The minimum absolute atomic E-state index is 0.262. The van der Waals surface area contributed by atoms with E-state index in [2.05, 4.69) is 31.9 Å². The molecular weight excluding hydrogens is 351 g/mol. The van der Waals surface area contributed by atoms with E-state index in [0.717, 1.165) is 8.95 Å². The molecule has 88 valence electrons. The quantitative estimate of drug-likeness (QED) is 0.840. The molecule has 0 aliphatic heterocycles. The number of aliphatic hydroxyl groups excluding tert-OH is 1. The maximum absolute atomic E-state index is 13.6. The third kappa shape index (κ3) is 2.94. The lowest BCUT2D eigenvalue weighted by atomic mass is 10.0. The normalized spacial score (nSPS) is 12.5. The molecule has 1 atom stereocenters. The smallest absolute Gasteiger partial charge is 0.129 e. The SMILES string of the molecule is OC(c1cccc(Br)c1)c1cc(Br)ccc1F. The van der Waals surface area contributed by atoms with E-state index in [1.807, 2.05) is 6.07 Å². The van der Waals surface area contributed by atoms with Gasteiger partial charge < -0.3 is 5.11 Å². The molecule has 1 unspecified atom stereocenters. The van der Waals surface area contributed by atoms with Crippen molar-refractivity contribution in [1.82, 2.24) is 0 Å². The fourth-order valence-electron chi connectivity index (χ4n) is 1.58. The standard InChI is InChI=1S/C13H9Br2FO/c14-9-3-1-2-8(6-9)13(17)11-7-10(15)4-5-12(11)16/h1-7,13,17H. The van der Waals surface area contributed by atoms with Crippen LogP contribution < -0.4 is 0 Å². The highest BCUT2D eigenvalue weighted by Crippen LogP contribution is 2.28. The Morgan fingerprint density at radius 2 is 1.71 bits per heavy atom. The van der Waals surface area contributed by atoms with Crippen LogP contribution in [0, 0.1) is 5.82 Å². The molecule has 0 aliphatic carbocycles. The van der Waals surface area contributed by atoms with Crippen LogP contribution in [0.15, 0.2) is 51.4 Å². The van der Waals surface area contributed by atoms with E-state index < -0.39 is 11.9 Å². The van der Waals surface area contributed by atoms with E-state index in [-0.39, 0.29) is 5.56 Å². The Kier molecular flexibility index (Phi) is 3.97. The average molecular weight is 360 g/mol. The summed E-state index contributed by atoms with van der Waals surface area (Å²) in [7, 11) is 0. The van der Waals surface area contributed by atoms with Gasteiger partial charge in [-0.15, -0.1) is 0 Å². The second kappa shape index (κ2) is 5.29. The fourth-order valence-corrected chi connectivity index (χ4v) is 2.38. The molecule has 2 aromatic carbocycles. The zero-order valence-electron chi connectivity index (χ0n) is 8.70. The predicted molar refractivity (Wildman–Crippen MR) is 72.3 cm³/mol. The van der Waals surface area contributed by atoms with Crippen molar-refractivity contribution in [2.24, 2.45) is 0 Å². The second-order valence-electron chi connectivity index (χ2n) is 3.62. The summed E-state index contributed by atoms with van der Waals surface area (Å²) in [5.41, 5.74) is 0.911. The molecule has 0 radical (unpaired) electrons. The highest BCUT2D eigenvalue weighted by molar-refractivity contribution is 9.10. The topological polar surface area (TPSA) is 20.2 Å². The van der Waals surface area contributed by atoms with Gasteiger partial charge in [0.15, 0.2) is 0 Å². The van der Waals surface area contributed by atoms with Crippen molar-refractivity contribution in [1.29, 1.82) is 0 Å². The average Bonchev–Trinajstić information content (AvgIpc) is 2.31. The Balaban J connectivity index is 2.43. The van der Waals surface area contributed by atoms with E-state index in [1.165, 1.54) is 6.07 Å². The van der Waals surface area contributed by atoms with Crippen LogP contribution in [-0.2, 0) is 0 Å². The first-order chi connectivity index (χ1) is 8.08. The highest BCUT2D eigenvalue weighted by Gasteiger charge is 2.15. The van der Waals surface area contributed by atoms with E-state index in [1.54, 1.807) is 30.3 Å². The zero-order chi connectivity index (χ0) is 12.4. The zero-order valence-corrected chi connectivity index (χ0v) is 11.9. The van der Waals surface area contributed by atoms with Gasteiger partial charge in [-0.05, 0) is 35.9 Å². The molecule has 2 rings (SSSR count). The maximum atomic E-state index is 13.6. The van der Waals surface area contributed by atoms with Gasteiger partial charge in [-0.2, -0.15) is 0 Å². The minimum Gasteiger partial charge on any atom is -0.384 e. The number of hydrogen-bond acceptors (Lipinski definition) is 1. The van der Waals surface area contributed by atoms with E-state index in [9.17, 15) is 9.50 Å². The van der Waals surface area contributed by atoms with Gasteiger partial charge in [0.2, 0.25) is 0 Å². The Bertz CT molecular complexity index is 543. The first kappa shape index (κ1) is 12.7. The molecule has 0 aromatic heterocycles. The summed E-state index contributed by atoms with van der Waals surface area (Å²) < 4.78 is 15.2. The van der Waals surface area contributed by atoms with Gasteiger partial charge in [0.1, 0.15) is 11.9 Å². The van der Waals surface area contributed by atoms with Gasteiger partial charge >= 0.3 is 0 Å². The molecule has 0 heterocycles. The van der Waals surface area contributed by atoms with Crippen LogP contribution in [0.1, 0.15) is 17.2 Å². The lowest BCUT2D eigenvalue weighted by Crippen LogP contribution is -2.02. The molecule has 17 heavy (non-hydrogen) atoms. The third-order valence-electron chi connectivity index (χ3n) is 2.42. The van der Waals surface area contributed by atoms with Gasteiger partial charge in [0.25, 0.3) is 0 Å². The highest BCUT2D eigenvalue weighted by atomic mass is 79.9. The summed E-state index contributed by atoms with van der Waals surface area (Å²) in [6, 6.07) is 11.7. The Morgan fingerprint density at radius 1 is 1.00 bits per heavy atom. The molecule has 0 fully saturated rings. The fraction of sp³-hybridized carbons (Fsp3) is 0.0769. The number of rotatable bonds is 2. The third-order valence-corrected chi connectivity index (χ3v) is 3.40. The summed E-state index contributed by atoms with van der Waals surface area (Å²) in [4.78, 5) is 0. The Labute approximate surface area is 116 Å². The molecule has 0 saturated carbocycles. The lowest BCUT2D eigenvalue weighted by Gasteiger charge is -2.13. The molecule has 0 aliphatic rings. The van der Waals surface area contributed by atoms with Crippen molar-refractivity contribution in [2.45, 2.75) is 6.10 Å². The molecule has 4 heteroatoms. The number of hydrogen-bond donors (Lipinski definition) is 1. The molecule has 0 spiro atoms. The van der Waals surface area contributed by atoms with Crippen molar-refractivity contribution in [2.75, 3.05) is 0 Å². The van der Waals surface area contributed by atoms with Crippen LogP contribution in [0.2, 0.25) is 0 Å². The van der Waals surface area contributed by atoms with Crippen LogP contribution in [0.4, 0.5) is 4.39 Å². The van der Waals surface area contributed by atoms with Crippen molar-refractivity contribution in [3.63, 3.8) is 0 Å². The van der Waals surface area contributed by atoms with Crippen molar-refractivity contribution < 1.29 is 9.50 Å². The minimum atomic E-state index is -0.968. The number of aliphatic hydroxyl groups is 1. The Hall–Kier alpha value is -0.710. The first-order valence-electron chi connectivity index (χ1n) is 4.96. The van der Waals surface area contributed by atoms with E-state index in [4.69, 9.17) is 0 Å². The second-order valence-corrected chi connectivity index (χ2v) is 5.45. The van der Waals surface area contributed by atoms with Gasteiger partial charge in [-0.25, -0.2) is 4.39 Å². The molecule has 2 aromatic rings. The summed E-state index contributed by atoms with van der Waals surface area (Å²) in [5.74, 6) is -0.416. The first-order valence-corrected chi connectivity index (χ1v) is 6.55. The number of benzene rings is 2. The van der Waals surface area contributed by atoms with Gasteiger partial charge in [-0.1, -0.05) is 44.0 Å². The monoisotopic (exact) mass is 358 g/mol. The lowest BCUT2D eigenvalue weighted by molar-refractivity contribution is 0.215. The largest absolute Gasteiger partial charge is 0.384 e. The van der Waals surface area contributed by atoms with Crippen molar-refractivity contribution in [3.05, 3.63) is 68.4 Å². The van der Waals surface area contributed by atoms with Crippen LogP contribution in [0.5, 0.6) is 0 Å². The molecular formula is C13H9Br2FO. The summed E-state index contributed by atoms with van der Waals surface area (Å²) >= 11 is 6.59. The van der Waals surface area contributed by atoms with Crippen LogP contribution in [0.25, 0.3) is 0 Å². The summed E-state index contributed by atoms with van der Waals surface area (Å²) in [5, 5.41) is 10.1. The molecule has 1 nitrogen and oxygen atoms in total. The molecule has 1 N–H and O–H groups in total. The van der Waals surface area contributed by atoms with Crippen molar-refractivity contribution >= 4 is 31.9 Å². The van der Waals surface area contributed by atoms with Crippen molar-refractivity contribution in [3.8, 4) is 0 Å².